The Hall–Kier alpha value is -1.22. The van der Waals surface area contributed by atoms with Crippen LogP contribution in [0.15, 0.2) is 18.2 Å². The van der Waals surface area contributed by atoms with Gasteiger partial charge in [-0.15, -0.1) is 11.6 Å². The number of alkyl halides is 1. The number of halogens is 1. The number of ether oxygens (including phenoxy) is 1. The summed E-state index contributed by atoms with van der Waals surface area (Å²) in [6.45, 7) is 2.05. The lowest BCUT2D eigenvalue weighted by Crippen LogP contribution is -2.06. The Morgan fingerprint density at radius 1 is 1.50 bits per heavy atom. The Kier molecular flexibility index (Phi) is 5.12. The van der Waals surface area contributed by atoms with Crippen LogP contribution < -0.4 is 10.1 Å². The lowest BCUT2D eigenvalue weighted by molar-refractivity contribution is 0.101. The third-order valence-corrected chi connectivity index (χ3v) is 2.46. The summed E-state index contributed by atoms with van der Waals surface area (Å²) < 4.78 is 5.59. The first-order valence-corrected chi connectivity index (χ1v) is 5.74. The van der Waals surface area contributed by atoms with E-state index in [1.165, 1.54) is 6.92 Å². The molecule has 0 atom stereocenters. The first-order chi connectivity index (χ1) is 7.70. The van der Waals surface area contributed by atoms with Gasteiger partial charge in [0.2, 0.25) is 0 Å². The second kappa shape index (κ2) is 6.38. The second-order valence-electron chi connectivity index (χ2n) is 3.38. The van der Waals surface area contributed by atoms with E-state index in [0.717, 1.165) is 12.1 Å². The fourth-order valence-corrected chi connectivity index (χ4v) is 1.50. The number of carbonyl (C=O) groups is 1. The smallest absolute Gasteiger partial charge is 0.163 e. The van der Waals surface area contributed by atoms with Gasteiger partial charge in [0, 0.05) is 12.9 Å². The Morgan fingerprint density at radius 3 is 2.81 bits per heavy atom. The summed E-state index contributed by atoms with van der Waals surface area (Å²) in [5.74, 6) is 1.16. The molecule has 0 spiro atoms. The molecule has 1 aromatic carbocycles. The van der Waals surface area contributed by atoms with Gasteiger partial charge >= 0.3 is 0 Å². The maximum atomic E-state index is 11.4. The number of carbonyl (C=O) groups excluding carboxylic acids is 1. The first kappa shape index (κ1) is 12.8. The van der Waals surface area contributed by atoms with Crippen LogP contribution in [-0.4, -0.2) is 25.3 Å². The molecule has 4 heteroatoms. The van der Waals surface area contributed by atoms with Crippen LogP contribution in [0.1, 0.15) is 23.7 Å². The molecule has 88 valence electrons. The Labute approximate surface area is 101 Å². The van der Waals surface area contributed by atoms with E-state index in [2.05, 4.69) is 5.32 Å². The predicted molar refractivity (Wildman–Crippen MR) is 66.8 cm³/mol. The van der Waals surface area contributed by atoms with Gasteiger partial charge in [0.05, 0.1) is 17.9 Å². The van der Waals surface area contributed by atoms with Gasteiger partial charge in [-0.3, -0.25) is 4.79 Å². The molecule has 0 bridgehead atoms. The molecule has 0 radical (unpaired) electrons. The topological polar surface area (TPSA) is 38.3 Å². The summed E-state index contributed by atoms with van der Waals surface area (Å²) >= 11 is 5.58. The van der Waals surface area contributed by atoms with Crippen molar-refractivity contribution in [2.45, 2.75) is 13.3 Å². The monoisotopic (exact) mass is 241 g/mol. The first-order valence-electron chi connectivity index (χ1n) is 5.21. The van der Waals surface area contributed by atoms with E-state index in [-0.39, 0.29) is 5.78 Å². The summed E-state index contributed by atoms with van der Waals surface area (Å²) in [5.41, 5.74) is 1.42. The predicted octanol–water partition coefficient (Wildman–Crippen LogP) is 2.94. The van der Waals surface area contributed by atoms with E-state index in [1.54, 1.807) is 13.1 Å². The minimum absolute atomic E-state index is 0.00188. The SMILES string of the molecule is CNc1cccc(C(C)=O)c1OCCCCl. The van der Waals surface area contributed by atoms with Crippen molar-refractivity contribution in [3.63, 3.8) is 0 Å². The van der Waals surface area contributed by atoms with E-state index in [4.69, 9.17) is 16.3 Å². The normalized spacial score (nSPS) is 9.94. The van der Waals surface area contributed by atoms with Gasteiger partial charge in [0.1, 0.15) is 0 Å². The molecule has 1 N–H and O–H groups in total. The molecule has 0 aliphatic heterocycles. The van der Waals surface area contributed by atoms with Gasteiger partial charge in [0.25, 0.3) is 0 Å². The fourth-order valence-electron chi connectivity index (χ4n) is 1.40. The van der Waals surface area contributed by atoms with Crippen LogP contribution in [0.3, 0.4) is 0 Å². The molecule has 0 amide bonds. The Morgan fingerprint density at radius 2 is 2.25 bits per heavy atom. The summed E-state index contributed by atoms with van der Waals surface area (Å²) in [6.07, 6.45) is 0.761. The van der Waals surface area contributed by atoms with E-state index in [0.29, 0.717) is 23.8 Å². The molecule has 0 aromatic heterocycles. The average Bonchev–Trinajstić information content (AvgIpc) is 2.29. The van der Waals surface area contributed by atoms with E-state index >= 15 is 0 Å². The van der Waals surface area contributed by atoms with Crippen molar-refractivity contribution >= 4 is 23.1 Å². The number of ketones is 1. The molecule has 0 saturated carbocycles. The second-order valence-corrected chi connectivity index (χ2v) is 3.76. The van der Waals surface area contributed by atoms with E-state index < -0.39 is 0 Å². The van der Waals surface area contributed by atoms with Crippen molar-refractivity contribution < 1.29 is 9.53 Å². The molecule has 0 aliphatic carbocycles. The molecule has 16 heavy (non-hydrogen) atoms. The highest BCUT2D eigenvalue weighted by Gasteiger charge is 2.12. The van der Waals surface area contributed by atoms with Crippen molar-refractivity contribution in [2.75, 3.05) is 24.9 Å². The molecule has 3 nitrogen and oxygen atoms in total. The third kappa shape index (κ3) is 3.14. The molecule has 0 saturated heterocycles. The number of benzene rings is 1. The number of hydrogen-bond donors (Lipinski definition) is 1. The van der Waals surface area contributed by atoms with Crippen molar-refractivity contribution in [2.24, 2.45) is 0 Å². The Balaban J connectivity index is 2.95. The van der Waals surface area contributed by atoms with Crippen LogP contribution in [0.2, 0.25) is 0 Å². The van der Waals surface area contributed by atoms with Crippen LogP contribution in [0.4, 0.5) is 5.69 Å². The average molecular weight is 242 g/mol. The zero-order valence-corrected chi connectivity index (χ0v) is 10.3. The highest BCUT2D eigenvalue weighted by atomic mass is 35.5. The number of para-hydroxylation sites is 1. The molecule has 1 aromatic rings. The van der Waals surface area contributed by atoms with Gasteiger partial charge in [-0.2, -0.15) is 0 Å². The van der Waals surface area contributed by atoms with Crippen molar-refractivity contribution in [1.29, 1.82) is 0 Å². The summed E-state index contributed by atoms with van der Waals surface area (Å²) in [5, 5.41) is 3.01. The summed E-state index contributed by atoms with van der Waals surface area (Å²) in [4.78, 5) is 11.4. The van der Waals surface area contributed by atoms with Crippen molar-refractivity contribution in [3.8, 4) is 5.75 Å². The van der Waals surface area contributed by atoms with Crippen molar-refractivity contribution in [3.05, 3.63) is 23.8 Å². The van der Waals surface area contributed by atoms with Gasteiger partial charge in [-0.1, -0.05) is 6.07 Å². The van der Waals surface area contributed by atoms with E-state index in [9.17, 15) is 4.79 Å². The van der Waals surface area contributed by atoms with Crippen LogP contribution in [0, 0.1) is 0 Å². The summed E-state index contributed by atoms with van der Waals surface area (Å²) in [7, 11) is 1.80. The molecule has 0 aliphatic rings. The van der Waals surface area contributed by atoms with E-state index in [1.807, 2.05) is 12.1 Å². The van der Waals surface area contributed by atoms with Crippen molar-refractivity contribution in [1.82, 2.24) is 0 Å². The fraction of sp³-hybridized carbons (Fsp3) is 0.417. The van der Waals surface area contributed by atoms with Gasteiger partial charge < -0.3 is 10.1 Å². The number of rotatable bonds is 6. The zero-order chi connectivity index (χ0) is 12.0. The molecule has 0 unspecified atom stereocenters. The lowest BCUT2D eigenvalue weighted by atomic mass is 10.1. The molecule has 1 rings (SSSR count). The zero-order valence-electron chi connectivity index (χ0n) is 9.55. The Bertz CT molecular complexity index is 366. The lowest BCUT2D eigenvalue weighted by Gasteiger charge is -2.13. The molecular formula is C12H16ClNO2. The highest BCUT2D eigenvalue weighted by molar-refractivity contribution is 6.17. The molecular weight excluding hydrogens is 226 g/mol. The van der Waals surface area contributed by atoms with Crippen LogP contribution >= 0.6 is 11.6 Å². The standard InChI is InChI=1S/C12H16ClNO2/c1-9(15)10-5-3-6-11(14-2)12(10)16-8-4-7-13/h3,5-6,14H,4,7-8H2,1-2H3. The number of anilines is 1. The maximum absolute atomic E-state index is 11.4. The highest BCUT2D eigenvalue weighted by Crippen LogP contribution is 2.29. The quantitative estimate of drug-likeness (QED) is 0.473. The molecule has 0 heterocycles. The number of hydrogen-bond acceptors (Lipinski definition) is 3. The minimum atomic E-state index is -0.00188. The van der Waals surface area contributed by atoms with Gasteiger partial charge in [-0.05, 0) is 25.5 Å². The molecule has 0 fully saturated rings. The van der Waals surface area contributed by atoms with Gasteiger partial charge in [0.15, 0.2) is 11.5 Å². The van der Waals surface area contributed by atoms with Gasteiger partial charge in [-0.25, -0.2) is 0 Å². The number of Topliss-reactive ketones (excluding diaryl/α,β-unsaturated/α-hetero) is 1. The van der Waals surface area contributed by atoms with Crippen LogP contribution in [-0.2, 0) is 0 Å². The largest absolute Gasteiger partial charge is 0.491 e. The third-order valence-electron chi connectivity index (χ3n) is 2.19. The number of nitrogens with one attached hydrogen (secondary N) is 1. The van der Waals surface area contributed by atoms with Crippen LogP contribution in [0.25, 0.3) is 0 Å². The minimum Gasteiger partial charge on any atom is -0.491 e. The summed E-state index contributed by atoms with van der Waals surface area (Å²) in [6, 6.07) is 5.47. The maximum Gasteiger partial charge on any atom is 0.163 e. The van der Waals surface area contributed by atoms with Crippen LogP contribution in [0.5, 0.6) is 5.75 Å².